The summed E-state index contributed by atoms with van der Waals surface area (Å²) in [6.07, 6.45) is 15.4. The van der Waals surface area contributed by atoms with Crippen molar-refractivity contribution in [1.29, 1.82) is 0 Å². The molecule has 4 aliphatic heterocycles. The summed E-state index contributed by atoms with van der Waals surface area (Å²) < 4.78 is 38.2. The monoisotopic (exact) mass is 621 g/mol. The number of piperazine rings is 1. The van der Waals surface area contributed by atoms with Crippen molar-refractivity contribution in [3.05, 3.63) is 53.6 Å². The zero-order chi connectivity index (χ0) is 31.2. The number of anilines is 1. The zero-order valence-corrected chi connectivity index (χ0v) is 25.7. The quantitative estimate of drug-likeness (QED) is 0.240. The van der Waals surface area contributed by atoms with Crippen LogP contribution < -0.4 is 15.0 Å². The summed E-state index contributed by atoms with van der Waals surface area (Å²) in [5, 5.41) is 15.7. The summed E-state index contributed by atoms with van der Waals surface area (Å²) in [4.78, 5) is 14.6. The Morgan fingerprint density at radius 2 is 1.70 bits per heavy atom. The van der Waals surface area contributed by atoms with Crippen LogP contribution in [0.3, 0.4) is 0 Å². The summed E-state index contributed by atoms with van der Waals surface area (Å²) in [7, 11) is 0. The van der Waals surface area contributed by atoms with Crippen LogP contribution in [0.1, 0.15) is 56.9 Å². The van der Waals surface area contributed by atoms with Crippen molar-refractivity contribution in [3.8, 4) is 35.2 Å². The van der Waals surface area contributed by atoms with Gasteiger partial charge in [0.2, 0.25) is 0 Å². The van der Waals surface area contributed by atoms with Crippen LogP contribution in [0.5, 0.6) is 11.8 Å². The molecule has 0 amide bonds. The fourth-order valence-corrected chi connectivity index (χ4v) is 8.80. The molecule has 5 aliphatic rings. The average Bonchev–Trinajstić information content (AvgIpc) is 3.42. The molecule has 2 atom stereocenters. The molecule has 4 aromatic rings. The van der Waals surface area contributed by atoms with E-state index in [4.69, 9.17) is 21.1 Å². The van der Waals surface area contributed by atoms with E-state index in [1.54, 1.807) is 12.1 Å². The number of hydrogen-bond acceptors (Lipinski definition) is 7. The van der Waals surface area contributed by atoms with Gasteiger partial charge < -0.3 is 20.1 Å². The normalized spacial score (nSPS) is 26.2. The third-order valence-electron chi connectivity index (χ3n) is 11.4. The van der Waals surface area contributed by atoms with E-state index in [2.05, 4.69) is 21.0 Å². The standard InChI is InChI=1S/C37H37F2N5O2/c1-2-27-31(38)12-3-21-15-26(45)16-30(32(21)27)28-10-11-29-34(33(28)39)41-36(42-35(29)43-17-22-4-5-23(18-43)40-22)46-20-37(13-14-37)19-44-24-6-7-25(44)9-8-24/h1,3,10-12,15-16,22-25,40,45H,4-9,13-14,17-20H2. The Morgan fingerprint density at radius 1 is 0.957 bits per heavy atom. The molecule has 1 aromatic heterocycles. The SMILES string of the molecule is C#Cc1c(F)ccc2cc(O)cc(-c3ccc4c(N5CC6CCC(C5)N6)nc(OCC5(CN6C7CCC6CC7)CC5)nc4c3F)c12. The van der Waals surface area contributed by atoms with Gasteiger partial charge in [0, 0.05) is 65.6 Å². The van der Waals surface area contributed by atoms with Crippen LogP contribution in [-0.2, 0) is 0 Å². The molecule has 236 valence electrons. The minimum atomic E-state index is -0.585. The maximum Gasteiger partial charge on any atom is 0.319 e. The van der Waals surface area contributed by atoms with E-state index in [1.165, 1.54) is 43.9 Å². The molecular formula is C37H37F2N5O2. The molecule has 9 heteroatoms. The molecule has 5 heterocycles. The highest BCUT2D eigenvalue weighted by Crippen LogP contribution is 2.50. The summed E-state index contributed by atoms with van der Waals surface area (Å²) in [6.45, 7) is 3.09. The first-order valence-corrected chi connectivity index (χ1v) is 16.7. The first kappa shape index (κ1) is 28.2. The molecule has 1 aliphatic carbocycles. The minimum absolute atomic E-state index is 0.0249. The lowest BCUT2D eigenvalue weighted by atomic mass is 9.93. The Hall–Kier alpha value is -4.00. The number of fused-ring (bicyclic) bond motifs is 6. The molecule has 2 unspecified atom stereocenters. The number of phenols is 1. The molecule has 5 fully saturated rings. The van der Waals surface area contributed by atoms with Crippen LogP contribution in [0.25, 0.3) is 32.8 Å². The molecule has 4 bridgehead atoms. The van der Waals surface area contributed by atoms with Gasteiger partial charge in [0.1, 0.15) is 22.9 Å². The van der Waals surface area contributed by atoms with E-state index < -0.39 is 11.6 Å². The molecule has 0 radical (unpaired) electrons. The van der Waals surface area contributed by atoms with Crippen molar-refractivity contribution < 1.29 is 18.6 Å². The lowest BCUT2D eigenvalue weighted by Gasteiger charge is -2.34. The minimum Gasteiger partial charge on any atom is -0.508 e. The van der Waals surface area contributed by atoms with Gasteiger partial charge >= 0.3 is 6.01 Å². The van der Waals surface area contributed by atoms with Gasteiger partial charge in [-0.25, -0.2) is 8.78 Å². The fraction of sp³-hybridized carbons (Fsp3) is 0.459. The predicted octanol–water partition coefficient (Wildman–Crippen LogP) is 6.14. The Morgan fingerprint density at radius 3 is 2.39 bits per heavy atom. The third-order valence-corrected chi connectivity index (χ3v) is 11.4. The number of benzene rings is 3. The van der Waals surface area contributed by atoms with Gasteiger partial charge in [-0.3, -0.25) is 4.90 Å². The van der Waals surface area contributed by atoms with Crippen LogP contribution in [0, 0.1) is 29.4 Å². The van der Waals surface area contributed by atoms with Gasteiger partial charge in [0.05, 0.1) is 12.2 Å². The largest absolute Gasteiger partial charge is 0.508 e. The lowest BCUT2D eigenvalue weighted by molar-refractivity contribution is 0.144. The number of ether oxygens (including phenoxy) is 1. The van der Waals surface area contributed by atoms with Crippen LogP contribution >= 0.6 is 0 Å². The van der Waals surface area contributed by atoms with Crippen molar-refractivity contribution in [1.82, 2.24) is 20.2 Å². The molecule has 7 nitrogen and oxygen atoms in total. The molecule has 2 N–H and O–H groups in total. The van der Waals surface area contributed by atoms with Crippen LogP contribution in [0.2, 0.25) is 0 Å². The highest BCUT2D eigenvalue weighted by molar-refractivity contribution is 6.04. The van der Waals surface area contributed by atoms with Crippen molar-refractivity contribution in [2.24, 2.45) is 5.41 Å². The van der Waals surface area contributed by atoms with E-state index in [9.17, 15) is 9.50 Å². The number of aromatic hydroxyl groups is 1. The van der Waals surface area contributed by atoms with Crippen LogP contribution in [0.4, 0.5) is 14.6 Å². The highest BCUT2D eigenvalue weighted by Gasteiger charge is 2.50. The fourth-order valence-electron chi connectivity index (χ4n) is 8.80. The number of terminal acetylenes is 1. The average molecular weight is 622 g/mol. The van der Waals surface area contributed by atoms with Gasteiger partial charge in [-0.05, 0) is 86.6 Å². The van der Waals surface area contributed by atoms with E-state index >= 15 is 4.39 Å². The molecule has 1 saturated carbocycles. The molecular weight excluding hydrogens is 584 g/mol. The first-order valence-electron chi connectivity index (χ1n) is 16.7. The predicted molar refractivity (Wildman–Crippen MR) is 174 cm³/mol. The second-order valence-electron chi connectivity index (χ2n) is 14.3. The second-order valence-corrected chi connectivity index (χ2v) is 14.3. The number of nitrogens with zero attached hydrogens (tertiary/aromatic N) is 4. The zero-order valence-electron chi connectivity index (χ0n) is 25.7. The maximum atomic E-state index is 16.9. The molecule has 9 rings (SSSR count). The summed E-state index contributed by atoms with van der Waals surface area (Å²) in [5.41, 5.74) is 0.739. The number of halogens is 2. The number of nitrogens with one attached hydrogen (secondary N) is 1. The Kier molecular flexibility index (Phi) is 6.45. The van der Waals surface area contributed by atoms with Crippen LogP contribution in [-0.4, -0.2) is 70.4 Å². The molecule has 46 heavy (non-hydrogen) atoms. The first-order chi connectivity index (χ1) is 22.4. The number of aromatic nitrogens is 2. The van der Waals surface area contributed by atoms with Gasteiger partial charge in [-0.2, -0.15) is 9.97 Å². The van der Waals surface area contributed by atoms with E-state index in [1.807, 2.05) is 6.07 Å². The van der Waals surface area contributed by atoms with E-state index in [-0.39, 0.29) is 33.8 Å². The van der Waals surface area contributed by atoms with Crippen molar-refractivity contribution in [2.45, 2.75) is 75.5 Å². The van der Waals surface area contributed by atoms with Crippen LogP contribution in [0.15, 0.2) is 36.4 Å². The summed E-state index contributed by atoms with van der Waals surface area (Å²) in [6, 6.07) is 11.5. The van der Waals surface area contributed by atoms with Crippen molar-refractivity contribution in [2.75, 3.05) is 31.1 Å². The van der Waals surface area contributed by atoms with Gasteiger partial charge in [-0.1, -0.05) is 18.1 Å². The second kappa shape index (κ2) is 10.5. The van der Waals surface area contributed by atoms with Crippen molar-refractivity contribution >= 4 is 27.5 Å². The third kappa shape index (κ3) is 4.60. The summed E-state index contributed by atoms with van der Waals surface area (Å²) in [5.74, 6) is 1.87. The maximum absolute atomic E-state index is 16.9. The topological polar surface area (TPSA) is 73.8 Å². The number of phenolic OH excluding ortho intramolecular Hbond substituents is 1. The smallest absolute Gasteiger partial charge is 0.319 e. The highest BCUT2D eigenvalue weighted by atomic mass is 19.1. The van der Waals surface area contributed by atoms with Gasteiger partial charge in [-0.15, -0.1) is 6.42 Å². The molecule has 3 aromatic carbocycles. The van der Waals surface area contributed by atoms with Gasteiger partial charge in [0.15, 0.2) is 5.82 Å². The number of hydrogen-bond donors (Lipinski definition) is 2. The Balaban J connectivity index is 1.13. The van der Waals surface area contributed by atoms with E-state index in [0.29, 0.717) is 58.3 Å². The van der Waals surface area contributed by atoms with Crippen molar-refractivity contribution in [3.63, 3.8) is 0 Å². The van der Waals surface area contributed by atoms with E-state index in [0.717, 1.165) is 45.3 Å². The Bertz CT molecular complexity index is 1910. The molecule has 4 saturated heterocycles. The Labute approximate surface area is 267 Å². The lowest BCUT2D eigenvalue weighted by Crippen LogP contribution is -2.51. The summed E-state index contributed by atoms with van der Waals surface area (Å²) >= 11 is 0. The number of rotatable bonds is 7. The molecule has 0 spiro atoms. The van der Waals surface area contributed by atoms with Gasteiger partial charge in [0.25, 0.3) is 0 Å².